The number of carbonyl (C=O) groups excluding carboxylic acids is 3. The third-order valence-corrected chi connectivity index (χ3v) is 7.57. The number of fused-ring (bicyclic) bond motifs is 1. The monoisotopic (exact) mass is 457 g/mol. The fourth-order valence-corrected chi connectivity index (χ4v) is 5.66. The number of amides is 3. The summed E-state index contributed by atoms with van der Waals surface area (Å²) in [7, 11) is 0. The highest BCUT2D eigenvalue weighted by atomic mass is 32.2. The van der Waals surface area contributed by atoms with Crippen LogP contribution in [-0.4, -0.2) is 45.7 Å². The molecule has 0 spiro atoms. The van der Waals surface area contributed by atoms with Crippen molar-refractivity contribution in [1.82, 2.24) is 9.88 Å². The first-order valence-corrected chi connectivity index (χ1v) is 13.0. The molecule has 1 aliphatic heterocycles. The van der Waals surface area contributed by atoms with E-state index in [0.717, 1.165) is 36.9 Å². The second-order valence-corrected chi connectivity index (χ2v) is 10.1. The molecule has 3 unspecified atom stereocenters. The van der Waals surface area contributed by atoms with Crippen LogP contribution in [0.15, 0.2) is 29.6 Å². The molecule has 1 saturated carbocycles. The molecule has 1 saturated heterocycles. The zero-order valence-corrected chi connectivity index (χ0v) is 19.4. The molecule has 1 aromatic carbocycles. The topological polar surface area (TPSA) is 79.4 Å². The first-order valence-electron chi connectivity index (χ1n) is 10.7. The average Bonchev–Trinajstić information content (AvgIpc) is 3.33. The van der Waals surface area contributed by atoms with Crippen LogP contribution in [0.4, 0.5) is 5.13 Å². The molecular weight excluding hydrogens is 430 g/mol. The van der Waals surface area contributed by atoms with Gasteiger partial charge in [-0.1, -0.05) is 42.7 Å². The Balaban J connectivity index is 1.52. The van der Waals surface area contributed by atoms with Crippen molar-refractivity contribution in [2.45, 2.75) is 45.1 Å². The molecule has 8 heteroatoms. The van der Waals surface area contributed by atoms with Gasteiger partial charge in [-0.05, 0) is 38.2 Å². The quantitative estimate of drug-likeness (QED) is 0.625. The Labute approximate surface area is 190 Å². The van der Waals surface area contributed by atoms with Crippen molar-refractivity contribution in [3.63, 3.8) is 0 Å². The highest BCUT2D eigenvalue weighted by Gasteiger charge is 2.51. The second kappa shape index (κ2) is 9.53. The van der Waals surface area contributed by atoms with Crippen molar-refractivity contribution in [3.8, 4) is 11.3 Å². The Morgan fingerprint density at radius 2 is 1.84 bits per heavy atom. The summed E-state index contributed by atoms with van der Waals surface area (Å²) in [5, 5.41) is 5.24. The smallest absolute Gasteiger partial charge is 0.249 e. The number of carbonyl (C=O) groups is 3. The molecule has 4 rings (SSSR count). The molecule has 1 aromatic heterocycles. The second-order valence-electron chi connectivity index (χ2n) is 8.23. The Morgan fingerprint density at radius 1 is 1.19 bits per heavy atom. The van der Waals surface area contributed by atoms with Crippen LogP contribution < -0.4 is 5.32 Å². The number of thiazole rings is 1. The van der Waals surface area contributed by atoms with E-state index in [0.29, 0.717) is 17.3 Å². The van der Waals surface area contributed by atoms with Gasteiger partial charge in [0.15, 0.2) is 5.13 Å². The standard InChI is InChI=1S/C23H27N3O3S2/c1-14-7-9-15(10-8-14)18-13-31-23(24-18)25-20(27)19(11-12-30-2)26-21(28)16-5-3-4-6-17(16)22(26)29/h7-10,13,16-17,19H,3-6,11-12H2,1-2H3,(H,24,25,27). The van der Waals surface area contributed by atoms with Gasteiger partial charge in [0.25, 0.3) is 0 Å². The van der Waals surface area contributed by atoms with Crippen molar-refractivity contribution in [1.29, 1.82) is 0 Å². The Morgan fingerprint density at radius 3 is 2.45 bits per heavy atom. The van der Waals surface area contributed by atoms with E-state index in [1.54, 1.807) is 11.8 Å². The zero-order valence-electron chi connectivity index (χ0n) is 17.8. The first-order chi connectivity index (χ1) is 15.0. The van der Waals surface area contributed by atoms with Crippen LogP contribution in [-0.2, 0) is 14.4 Å². The third kappa shape index (κ3) is 4.55. The normalized spacial score (nSPS) is 21.8. The van der Waals surface area contributed by atoms with Gasteiger partial charge in [0.1, 0.15) is 6.04 Å². The Kier molecular flexibility index (Phi) is 6.77. The van der Waals surface area contributed by atoms with E-state index in [1.165, 1.54) is 21.8 Å². The van der Waals surface area contributed by atoms with E-state index in [-0.39, 0.29) is 29.6 Å². The number of nitrogens with zero attached hydrogens (tertiary/aromatic N) is 2. The minimum absolute atomic E-state index is 0.171. The number of likely N-dealkylation sites (tertiary alicyclic amines) is 1. The van der Waals surface area contributed by atoms with Gasteiger partial charge in [0.2, 0.25) is 17.7 Å². The lowest BCUT2D eigenvalue weighted by molar-refractivity contribution is -0.146. The van der Waals surface area contributed by atoms with Gasteiger partial charge in [-0.25, -0.2) is 4.98 Å². The fraction of sp³-hybridized carbons (Fsp3) is 0.478. The summed E-state index contributed by atoms with van der Waals surface area (Å²) in [5.41, 5.74) is 2.94. The van der Waals surface area contributed by atoms with E-state index in [9.17, 15) is 14.4 Å². The molecule has 164 valence electrons. The lowest BCUT2D eigenvalue weighted by Gasteiger charge is -2.25. The molecule has 3 amide bonds. The van der Waals surface area contributed by atoms with Gasteiger partial charge in [-0.3, -0.25) is 19.3 Å². The number of nitrogens with one attached hydrogen (secondary N) is 1. The van der Waals surface area contributed by atoms with E-state index in [2.05, 4.69) is 10.3 Å². The average molecular weight is 458 g/mol. The summed E-state index contributed by atoms with van der Waals surface area (Å²) in [6.45, 7) is 2.03. The molecule has 2 aromatic rings. The third-order valence-electron chi connectivity index (χ3n) is 6.17. The van der Waals surface area contributed by atoms with E-state index < -0.39 is 6.04 Å². The largest absolute Gasteiger partial charge is 0.300 e. The van der Waals surface area contributed by atoms with Crippen LogP contribution in [0.25, 0.3) is 11.3 Å². The maximum atomic E-state index is 13.2. The molecule has 1 N–H and O–H groups in total. The molecule has 2 aliphatic rings. The SMILES string of the molecule is CSCCC(C(=O)Nc1nc(-c2ccc(C)cc2)cs1)N1C(=O)C2CCCCC2C1=O. The van der Waals surface area contributed by atoms with Crippen LogP contribution in [0.5, 0.6) is 0 Å². The minimum atomic E-state index is -0.787. The Hall–Kier alpha value is -2.19. The molecule has 2 fully saturated rings. The number of benzene rings is 1. The number of aromatic nitrogens is 1. The lowest BCUT2D eigenvalue weighted by Crippen LogP contribution is -2.48. The van der Waals surface area contributed by atoms with Crippen molar-refractivity contribution < 1.29 is 14.4 Å². The lowest BCUT2D eigenvalue weighted by atomic mass is 9.81. The van der Waals surface area contributed by atoms with Crippen LogP contribution >= 0.6 is 23.1 Å². The maximum absolute atomic E-state index is 13.2. The van der Waals surface area contributed by atoms with Crippen molar-refractivity contribution in [3.05, 3.63) is 35.2 Å². The molecule has 0 radical (unpaired) electrons. The summed E-state index contributed by atoms with van der Waals surface area (Å²) in [6.07, 6.45) is 5.83. The number of anilines is 1. The van der Waals surface area contributed by atoms with Crippen molar-refractivity contribution in [2.75, 3.05) is 17.3 Å². The Bertz CT molecular complexity index is 949. The van der Waals surface area contributed by atoms with Crippen LogP contribution in [0.3, 0.4) is 0 Å². The molecule has 31 heavy (non-hydrogen) atoms. The maximum Gasteiger partial charge on any atom is 0.249 e. The first kappa shape index (κ1) is 22.0. The zero-order chi connectivity index (χ0) is 22.0. The van der Waals surface area contributed by atoms with Crippen molar-refractivity contribution in [2.24, 2.45) is 11.8 Å². The highest BCUT2D eigenvalue weighted by molar-refractivity contribution is 7.98. The molecule has 2 heterocycles. The minimum Gasteiger partial charge on any atom is -0.300 e. The molecule has 6 nitrogen and oxygen atoms in total. The predicted molar refractivity (Wildman–Crippen MR) is 125 cm³/mol. The van der Waals surface area contributed by atoms with Crippen molar-refractivity contribution >= 4 is 46.0 Å². The summed E-state index contributed by atoms with van der Waals surface area (Å²) in [6, 6.07) is 7.26. The van der Waals surface area contributed by atoms with Gasteiger partial charge >= 0.3 is 0 Å². The van der Waals surface area contributed by atoms with Crippen LogP contribution in [0.2, 0.25) is 0 Å². The summed E-state index contributed by atoms with van der Waals surface area (Å²) < 4.78 is 0. The van der Waals surface area contributed by atoms with Gasteiger partial charge in [0, 0.05) is 10.9 Å². The number of hydrogen-bond acceptors (Lipinski definition) is 6. The van der Waals surface area contributed by atoms with E-state index >= 15 is 0 Å². The number of rotatable bonds is 7. The molecule has 1 aliphatic carbocycles. The molecular formula is C23H27N3O3S2. The van der Waals surface area contributed by atoms with Crippen LogP contribution in [0, 0.1) is 18.8 Å². The number of aryl methyl sites for hydroxylation is 1. The molecule has 0 bridgehead atoms. The fourth-order valence-electron chi connectivity index (χ4n) is 4.48. The van der Waals surface area contributed by atoms with Gasteiger partial charge < -0.3 is 5.32 Å². The van der Waals surface area contributed by atoms with Gasteiger partial charge in [-0.15, -0.1) is 11.3 Å². The van der Waals surface area contributed by atoms with Gasteiger partial charge in [-0.2, -0.15) is 11.8 Å². The molecule has 3 atom stereocenters. The van der Waals surface area contributed by atoms with E-state index in [4.69, 9.17) is 0 Å². The number of hydrogen-bond donors (Lipinski definition) is 1. The predicted octanol–water partition coefficient (Wildman–Crippen LogP) is 4.35. The summed E-state index contributed by atoms with van der Waals surface area (Å²) in [5.74, 6) is -0.487. The highest BCUT2D eigenvalue weighted by Crippen LogP contribution is 2.39. The summed E-state index contributed by atoms with van der Waals surface area (Å²) >= 11 is 2.95. The summed E-state index contributed by atoms with van der Waals surface area (Å²) in [4.78, 5) is 45.1. The number of imide groups is 1. The number of thioether (sulfide) groups is 1. The van der Waals surface area contributed by atoms with E-state index in [1.807, 2.05) is 42.8 Å². The van der Waals surface area contributed by atoms with Crippen LogP contribution in [0.1, 0.15) is 37.7 Å². The van der Waals surface area contributed by atoms with Gasteiger partial charge in [0.05, 0.1) is 17.5 Å².